The van der Waals surface area contributed by atoms with Crippen molar-refractivity contribution in [3.63, 3.8) is 0 Å². The van der Waals surface area contributed by atoms with E-state index in [4.69, 9.17) is 0 Å². The molecule has 1 heteroatoms. The van der Waals surface area contributed by atoms with Gasteiger partial charge in [0.25, 0.3) is 0 Å². The largest absolute Gasteiger partial charge is 0.316 e. The van der Waals surface area contributed by atoms with Crippen LogP contribution in [0.2, 0.25) is 0 Å². The van der Waals surface area contributed by atoms with E-state index in [2.05, 4.69) is 39.1 Å². The van der Waals surface area contributed by atoms with Crippen molar-refractivity contribution in [1.82, 2.24) is 5.32 Å². The summed E-state index contributed by atoms with van der Waals surface area (Å²) in [6.45, 7) is 11.3. The molecule has 0 bridgehead atoms. The van der Waals surface area contributed by atoms with Crippen LogP contribution in [-0.2, 0) is 0 Å². The molecule has 0 heterocycles. The van der Waals surface area contributed by atoms with Crippen molar-refractivity contribution in [3.05, 3.63) is 11.6 Å². The third kappa shape index (κ3) is 11.8. The molecule has 0 rings (SSSR count). The van der Waals surface area contributed by atoms with Gasteiger partial charge in [0.05, 0.1) is 0 Å². The summed E-state index contributed by atoms with van der Waals surface area (Å²) in [5.74, 6) is 0.763. The number of unbranched alkanes of at least 4 members (excludes halogenated alkanes) is 3. The van der Waals surface area contributed by atoms with E-state index in [0.29, 0.717) is 0 Å². The van der Waals surface area contributed by atoms with Crippen LogP contribution in [0.1, 0.15) is 66.2 Å². The molecule has 0 aliphatic rings. The topological polar surface area (TPSA) is 12.0 Å². The van der Waals surface area contributed by atoms with Crippen molar-refractivity contribution in [2.75, 3.05) is 13.1 Å². The molecular formula is C15H31N. The summed E-state index contributed by atoms with van der Waals surface area (Å²) in [6, 6.07) is 0. The molecule has 0 aliphatic carbocycles. The second kappa shape index (κ2) is 11.2. The smallest absolute Gasteiger partial charge is 0.00141 e. The molecule has 16 heavy (non-hydrogen) atoms. The van der Waals surface area contributed by atoms with Crippen LogP contribution in [0.4, 0.5) is 0 Å². The van der Waals surface area contributed by atoms with E-state index in [0.717, 1.165) is 19.0 Å². The van der Waals surface area contributed by atoms with Crippen molar-refractivity contribution >= 4 is 0 Å². The van der Waals surface area contributed by atoms with E-state index >= 15 is 0 Å². The van der Waals surface area contributed by atoms with Crippen molar-refractivity contribution in [3.8, 4) is 0 Å². The lowest BCUT2D eigenvalue weighted by Crippen LogP contribution is -2.20. The van der Waals surface area contributed by atoms with Gasteiger partial charge in [0.1, 0.15) is 0 Å². The zero-order valence-corrected chi connectivity index (χ0v) is 11.8. The van der Waals surface area contributed by atoms with Crippen LogP contribution in [-0.4, -0.2) is 13.1 Å². The monoisotopic (exact) mass is 225 g/mol. The Bertz CT molecular complexity index is 170. The molecule has 0 unspecified atom stereocenters. The quantitative estimate of drug-likeness (QED) is 0.425. The predicted octanol–water partition coefficient (Wildman–Crippen LogP) is 4.54. The molecule has 1 nitrogen and oxygen atoms in total. The van der Waals surface area contributed by atoms with Crippen molar-refractivity contribution in [2.24, 2.45) is 5.92 Å². The van der Waals surface area contributed by atoms with Gasteiger partial charge in [0.15, 0.2) is 0 Å². The molecule has 96 valence electrons. The van der Waals surface area contributed by atoms with Gasteiger partial charge in [-0.1, -0.05) is 51.7 Å². The number of hydrogen-bond acceptors (Lipinski definition) is 1. The maximum absolute atomic E-state index is 3.47. The highest BCUT2D eigenvalue weighted by Gasteiger charge is 1.93. The summed E-state index contributed by atoms with van der Waals surface area (Å²) in [4.78, 5) is 0. The Morgan fingerprint density at radius 3 is 2.56 bits per heavy atom. The van der Waals surface area contributed by atoms with Gasteiger partial charge in [0, 0.05) is 0 Å². The lowest BCUT2D eigenvalue weighted by Gasteiger charge is -2.06. The maximum atomic E-state index is 3.47. The molecule has 0 atom stereocenters. The first-order valence-corrected chi connectivity index (χ1v) is 7.03. The first kappa shape index (κ1) is 15.7. The normalized spacial score (nSPS) is 12.4. The zero-order chi connectivity index (χ0) is 12.2. The summed E-state index contributed by atoms with van der Waals surface area (Å²) < 4.78 is 0. The summed E-state index contributed by atoms with van der Waals surface area (Å²) in [5.41, 5.74) is 1.57. The molecule has 0 aromatic carbocycles. The van der Waals surface area contributed by atoms with E-state index in [1.165, 1.54) is 38.5 Å². The van der Waals surface area contributed by atoms with E-state index in [1.54, 1.807) is 5.57 Å². The molecule has 0 amide bonds. The summed E-state index contributed by atoms with van der Waals surface area (Å²) in [7, 11) is 0. The summed E-state index contributed by atoms with van der Waals surface area (Å²) >= 11 is 0. The predicted molar refractivity (Wildman–Crippen MR) is 74.8 cm³/mol. The Kier molecular flexibility index (Phi) is 11.0. The Morgan fingerprint density at radius 2 is 1.94 bits per heavy atom. The minimum atomic E-state index is 0.763. The highest BCUT2D eigenvalue weighted by Crippen LogP contribution is 2.09. The van der Waals surface area contributed by atoms with E-state index in [9.17, 15) is 0 Å². The first-order valence-electron chi connectivity index (χ1n) is 7.03. The van der Waals surface area contributed by atoms with E-state index in [-0.39, 0.29) is 0 Å². The first-order chi connectivity index (χ1) is 7.66. The standard InChI is InChI=1S/C15H31N/c1-5-6-7-8-10-15(4)11-9-12-16-13-14(2)3/h11,14,16H,5-10,12-13H2,1-4H3. The SMILES string of the molecule is CCCCCCC(C)=CCCNCC(C)C. The lowest BCUT2D eigenvalue weighted by molar-refractivity contribution is 0.556. The van der Waals surface area contributed by atoms with Crippen LogP contribution in [0.3, 0.4) is 0 Å². The average molecular weight is 225 g/mol. The van der Waals surface area contributed by atoms with Gasteiger partial charge in [-0.3, -0.25) is 0 Å². The van der Waals surface area contributed by atoms with E-state index in [1.807, 2.05) is 0 Å². The second-order valence-corrected chi connectivity index (χ2v) is 5.25. The van der Waals surface area contributed by atoms with Gasteiger partial charge < -0.3 is 5.32 Å². The fraction of sp³-hybridized carbons (Fsp3) is 0.867. The molecule has 0 aromatic rings. The zero-order valence-electron chi connectivity index (χ0n) is 11.8. The van der Waals surface area contributed by atoms with Crippen molar-refractivity contribution in [1.29, 1.82) is 0 Å². The van der Waals surface area contributed by atoms with Crippen LogP contribution in [0.5, 0.6) is 0 Å². The Morgan fingerprint density at radius 1 is 1.19 bits per heavy atom. The third-order valence-corrected chi connectivity index (χ3v) is 2.79. The van der Waals surface area contributed by atoms with Crippen molar-refractivity contribution < 1.29 is 0 Å². The van der Waals surface area contributed by atoms with Gasteiger partial charge in [-0.15, -0.1) is 0 Å². The Labute approximate surface area is 103 Å². The van der Waals surface area contributed by atoms with Gasteiger partial charge >= 0.3 is 0 Å². The molecule has 0 radical (unpaired) electrons. The number of allylic oxidation sites excluding steroid dienone is 1. The Balaban J connectivity index is 3.33. The fourth-order valence-corrected chi connectivity index (χ4v) is 1.74. The van der Waals surface area contributed by atoms with Gasteiger partial charge in [-0.2, -0.15) is 0 Å². The number of nitrogens with one attached hydrogen (secondary N) is 1. The molecule has 1 N–H and O–H groups in total. The van der Waals surface area contributed by atoms with Gasteiger partial charge in [-0.25, -0.2) is 0 Å². The van der Waals surface area contributed by atoms with Crippen molar-refractivity contribution in [2.45, 2.75) is 66.2 Å². The maximum Gasteiger partial charge on any atom is -0.00141 e. The lowest BCUT2D eigenvalue weighted by atomic mass is 10.1. The van der Waals surface area contributed by atoms with Crippen LogP contribution in [0.25, 0.3) is 0 Å². The summed E-state index contributed by atoms with van der Waals surface area (Å²) in [5, 5.41) is 3.47. The molecule has 0 saturated heterocycles. The van der Waals surface area contributed by atoms with Gasteiger partial charge in [-0.05, 0) is 45.2 Å². The highest BCUT2D eigenvalue weighted by molar-refractivity contribution is 4.97. The van der Waals surface area contributed by atoms with E-state index < -0.39 is 0 Å². The second-order valence-electron chi connectivity index (χ2n) is 5.25. The average Bonchev–Trinajstić information content (AvgIpc) is 2.23. The van der Waals surface area contributed by atoms with Crippen LogP contribution < -0.4 is 5.32 Å². The molecule has 0 aliphatic heterocycles. The van der Waals surface area contributed by atoms with Crippen LogP contribution in [0.15, 0.2) is 11.6 Å². The molecule has 0 saturated carbocycles. The number of hydrogen-bond donors (Lipinski definition) is 1. The molecule has 0 aromatic heterocycles. The number of rotatable bonds is 10. The molecular weight excluding hydrogens is 194 g/mol. The van der Waals surface area contributed by atoms with Crippen LogP contribution >= 0.6 is 0 Å². The summed E-state index contributed by atoms with van der Waals surface area (Å²) in [6.07, 6.45) is 10.4. The fourth-order valence-electron chi connectivity index (χ4n) is 1.74. The highest BCUT2D eigenvalue weighted by atomic mass is 14.8. The molecule has 0 fully saturated rings. The minimum absolute atomic E-state index is 0.763. The van der Waals surface area contributed by atoms with Gasteiger partial charge in [0.2, 0.25) is 0 Å². The van der Waals surface area contributed by atoms with Crippen LogP contribution in [0, 0.1) is 5.92 Å². The molecule has 0 spiro atoms. The Hall–Kier alpha value is -0.300. The minimum Gasteiger partial charge on any atom is -0.316 e. The third-order valence-electron chi connectivity index (χ3n) is 2.79.